The molecule has 0 bridgehead atoms. The van der Waals surface area contributed by atoms with Crippen LogP contribution in [-0.4, -0.2) is 16.1 Å². The van der Waals surface area contributed by atoms with Gasteiger partial charge in [0.2, 0.25) is 0 Å². The predicted molar refractivity (Wildman–Crippen MR) is 83.4 cm³/mol. The Morgan fingerprint density at radius 2 is 1.75 bits per heavy atom. The second kappa shape index (κ2) is 6.19. The predicted octanol–water partition coefficient (Wildman–Crippen LogP) is 4.35. The third-order valence-corrected chi connectivity index (χ3v) is 3.46. The molecule has 0 radical (unpaired) electrons. The zero-order valence-corrected chi connectivity index (χ0v) is 12.3. The lowest BCUT2D eigenvalue weighted by Gasteiger charge is -2.12. The maximum Gasteiger partial charge on any atom is 0.416 e. The summed E-state index contributed by atoms with van der Waals surface area (Å²) < 4.78 is 38.0. The molecule has 7 heteroatoms. The van der Waals surface area contributed by atoms with E-state index in [1.54, 1.807) is 24.3 Å². The smallest absolute Gasteiger partial charge is 0.321 e. The first kappa shape index (κ1) is 15.8. The Kier molecular flexibility index (Phi) is 4.07. The number of para-hydroxylation sites is 1. The molecular formula is C17H12F3N3O. The standard InChI is InChI=1S/C17H12F3N3O/c18-17(19,20)13-7-5-11(6-8-13)14-3-1-2-4-15(14)23-16(24)12-9-21-22-10-12/h1-10H,(H,21,22)(H,23,24). The van der Waals surface area contributed by atoms with Crippen molar-refractivity contribution in [2.24, 2.45) is 0 Å². The summed E-state index contributed by atoms with van der Waals surface area (Å²) in [6.07, 6.45) is -1.54. The van der Waals surface area contributed by atoms with Gasteiger partial charge in [-0.3, -0.25) is 9.89 Å². The number of hydrogen-bond acceptors (Lipinski definition) is 2. The van der Waals surface area contributed by atoms with E-state index in [4.69, 9.17) is 0 Å². The van der Waals surface area contributed by atoms with E-state index in [9.17, 15) is 18.0 Å². The van der Waals surface area contributed by atoms with Gasteiger partial charge in [-0.2, -0.15) is 18.3 Å². The minimum absolute atomic E-state index is 0.358. The van der Waals surface area contributed by atoms with Crippen LogP contribution in [-0.2, 0) is 6.18 Å². The molecule has 0 aliphatic rings. The molecule has 0 fully saturated rings. The van der Waals surface area contributed by atoms with E-state index in [2.05, 4.69) is 15.5 Å². The van der Waals surface area contributed by atoms with Gasteiger partial charge in [0.25, 0.3) is 5.91 Å². The lowest BCUT2D eigenvalue weighted by Crippen LogP contribution is -2.11. The van der Waals surface area contributed by atoms with Gasteiger partial charge in [0.05, 0.1) is 17.3 Å². The molecule has 122 valence electrons. The summed E-state index contributed by atoms with van der Waals surface area (Å²) >= 11 is 0. The number of H-pyrrole nitrogens is 1. The van der Waals surface area contributed by atoms with Gasteiger partial charge in [-0.25, -0.2) is 0 Å². The number of rotatable bonds is 3. The third kappa shape index (κ3) is 3.29. The number of nitrogens with one attached hydrogen (secondary N) is 2. The first-order valence-corrected chi connectivity index (χ1v) is 7.02. The van der Waals surface area contributed by atoms with Gasteiger partial charge in [0.15, 0.2) is 0 Å². The topological polar surface area (TPSA) is 57.8 Å². The minimum Gasteiger partial charge on any atom is -0.321 e. The maximum atomic E-state index is 12.7. The van der Waals surface area contributed by atoms with Crippen LogP contribution in [0.5, 0.6) is 0 Å². The normalized spacial score (nSPS) is 11.3. The Labute approximate surface area is 135 Å². The van der Waals surface area contributed by atoms with Gasteiger partial charge in [-0.1, -0.05) is 30.3 Å². The molecule has 1 amide bonds. The molecule has 0 saturated heterocycles. The van der Waals surface area contributed by atoms with Crippen molar-refractivity contribution in [3.05, 3.63) is 72.1 Å². The van der Waals surface area contributed by atoms with Crippen molar-refractivity contribution < 1.29 is 18.0 Å². The average Bonchev–Trinajstić information content (AvgIpc) is 3.09. The van der Waals surface area contributed by atoms with Gasteiger partial charge < -0.3 is 5.32 Å². The number of hydrogen-bond donors (Lipinski definition) is 2. The number of halogens is 3. The van der Waals surface area contributed by atoms with Crippen molar-refractivity contribution in [3.8, 4) is 11.1 Å². The molecule has 2 aromatic carbocycles. The van der Waals surface area contributed by atoms with E-state index in [0.29, 0.717) is 22.4 Å². The molecule has 0 unspecified atom stereocenters. The molecule has 24 heavy (non-hydrogen) atoms. The number of aromatic nitrogens is 2. The first-order chi connectivity index (χ1) is 11.4. The number of carbonyl (C=O) groups excluding carboxylic acids is 1. The van der Waals surface area contributed by atoms with Crippen LogP contribution in [0.4, 0.5) is 18.9 Å². The van der Waals surface area contributed by atoms with E-state index >= 15 is 0 Å². The number of anilines is 1. The minimum atomic E-state index is -4.38. The Morgan fingerprint density at radius 3 is 2.38 bits per heavy atom. The largest absolute Gasteiger partial charge is 0.416 e. The summed E-state index contributed by atoms with van der Waals surface area (Å²) in [7, 11) is 0. The van der Waals surface area contributed by atoms with Gasteiger partial charge in [-0.05, 0) is 23.8 Å². The van der Waals surface area contributed by atoms with E-state index in [-0.39, 0.29) is 5.91 Å². The molecule has 1 heterocycles. The van der Waals surface area contributed by atoms with Crippen molar-refractivity contribution in [1.29, 1.82) is 0 Å². The first-order valence-electron chi connectivity index (χ1n) is 7.02. The lowest BCUT2D eigenvalue weighted by molar-refractivity contribution is -0.137. The van der Waals surface area contributed by atoms with Crippen LogP contribution in [0.25, 0.3) is 11.1 Å². The number of nitrogens with zero attached hydrogens (tertiary/aromatic N) is 1. The van der Waals surface area contributed by atoms with Crippen LogP contribution in [0.1, 0.15) is 15.9 Å². The Hall–Kier alpha value is -3.09. The number of aromatic amines is 1. The summed E-state index contributed by atoms with van der Waals surface area (Å²) in [4.78, 5) is 12.1. The van der Waals surface area contributed by atoms with Crippen molar-refractivity contribution in [2.45, 2.75) is 6.18 Å². The summed E-state index contributed by atoms with van der Waals surface area (Å²) in [5, 5.41) is 8.99. The van der Waals surface area contributed by atoms with E-state index < -0.39 is 11.7 Å². The summed E-state index contributed by atoms with van der Waals surface area (Å²) in [5.74, 6) is -0.358. The van der Waals surface area contributed by atoms with Crippen molar-refractivity contribution in [1.82, 2.24) is 10.2 Å². The fourth-order valence-corrected chi connectivity index (χ4v) is 2.25. The lowest BCUT2D eigenvalue weighted by atomic mass is 10.0. The highest BCUT2D eigenvalue weighted by atomic mass is 19.4. The van der Waals surface area contributed by atoms with Crippen LogP contribution >= 0.6 is 0 Å². The van der Waals surface area contributed by atoms with Gasteiger partial charge in [0.1, 0.15) is 0 Å². The maximum absolute atomic E-state index is 12.7. The highest BCUT2D eigenvalue weighted by molar-refractivity contribution is 6.05. The van der Waals surface area contributed by atoms with Crippen LogP contribution in [0, 0.1) is 0 Å². The fraction of sp³-hybridized carbons (Fsp3) is 0.0588. The molecule has 3 rings (SSSR count). The van der Waals surface area contributed by atoms with Crippen molar-refractivity contribution >= 4 is 11.6 Å². The molecule has 0 spiro atoms. The highest BCUT2D eigenvalue weighted by Gasteiger charge is 2.30. The second-order valence-corrected chi connectivity index (χ2v) is 5.06. The second-order valence-electron chi connectivity index (χ2n) is 5.06. The van der Waals surface area contributed by atoms with Crippen molar-refractivity contribution in [2.75, 3.05) is 5.32 Å². The molecule has 4 nitrogen and oxygen atoms in total. The molecule has 0 aliphatic carbocycles. The van der Waals surface area contributed by atoms with E-state index in [0.717, 1.165) is 12.1 Å². The van der Waals surface area contributed by atoms with Crippen LogP contribution in [0.2, 0.25) is 0 Å². The average molecular weight is 331 g/mol. The zero-order chi connectivity index (χ0) is 17.2. The Balaban J connectivity index is 1.90. The quantitative estimate of drug-likeness (QED) is 0.750. The van der Waals surface area contributed by atoms with Crippen LogP contribution in [0.15, 0.2) is 60.9 Å². The molecule has 0 aliphatic heterocycles. The van der Waals surface area contributed by atoms with Gasteiger partial charge in [0, 0.05) is 17.4 Å². The van der Waals surface area contributed by atoms with E-state index in [1.165, 1.54) is 24.5 Å². The highest BCUT2D eigenvalue weighted by Crippen LogP contribution is 2.33. The molecule has 0 atom stereocenters. The molecule has 3 aromatic rings. The molecule has 1 aromatic heterocycles. The Bertz CT molecular complexity index is 840. The van der Waals surface area contributed by atoms with Gasteiger partial charge in [-0.15, -0.1) is 0 Å². The summed E-state index contributed by atoms with van der Waals surface area (Å²) in [6.45, 7) is 0. The molecular weight excluding hydrogens is 319 g/mol. The zero-order valence-electron chi connectivity index (χ0n) is 12.3. The van der Waals surface area contributed by atoms with Gasteiger partial charge >= 0.3 is 6.18 Å². The Morgan fingerprint density at radius 1 is 1.04 bits per heavy atom. The number of benzene rings is 2. The van der Waals surface area contributed by atoms with Crippen LogP contribution < -0.4 is 5.32 Å². The van der Waals surface area contributed by atoms with Crippen molar-refractivity contribution in [3.63, 3.8) is 0 Å². The van der Waals surface area contributed by atoms with E-state index in [1.807, 2.05) is 0 Å². The SMILES string of the molecule is O=C(Nc1ccccc1-c1ccc(C(F)(F)F)cc1)c1cn[nH]c1. The fourth-order valence-electron chi connectivity index (χ4n) is 2.25. The molecule has 2 N–H and O–H groups in total. The monoisotopic (exact) mass is 331 g/mol. The summed E-state index contributed by atoms with van der Waals surface area (Å²) in [5.41, 5.74) is 1.35. The third-order valence-electron chi connectivity index (χ3n) is 3.46. The van der Waals surface area contributed by atoms with Crippen LogP contribution in [0.3, 0.4) is 0 Å². The number of carbonyl (C=O) groups is 1. The number of amides is 1. The summed E-state index contributed by atoms with van der Waals surface area (Å²) in [6, 6.07) is 11.7. The molecule has 0 saturated carbocycles. The number of alkyl halides is 3.